The van der Waals surface area contributed by atoms with Crippen LogP contribution in [0.5, 0.6) is 0 Å². The van der Waals surface area contributed by atoms with Crippen molar-refractivity contribution in [2.75, 3.05) is 11.9 Å². The first-order chi connectivity index (χ1) is 12.1. The second kappa shape index (κ2) is 7.64. The molecule has 25 heavy (non-hydrogen) atoms. The SMILES string of the molecule is CCC1CCCCN1C(=O)c1ccnc(Nc2cc(C)cc(C)c2)n1. The molecule has 2 heterocycles. The minimum absolute atomic E-state index is 0.0115. The van der Waals surface area contributed by atoms with E-state index >= 15 is 0 Å². The molecule has 5 nitrogen and oxygen atoms in total. The number of aryl methyl sites for hydroxylation is 2. The van der Waals surface area contributed by atoms with E-state index in [1.807, 2.05) is 17.0 Å². The van der Waals surface area contributed by atoms with E-state index in [0.29, 0.717) is 17.7 Å². The molecule has 0 spiro atoms. The third-order valence-electron chi connectivity index (χ3n) is 4.71. The van der Waals surface area contributed by atoms with Gasteiger partial charge in [-0.15, -0.1) is 0 Å². The largest absolute Gasteiger partial charge is 0.334 e. The smallest absolute Gasteiger partial charge is 0.272 e. The third kappa shape index (κ3) is 4.16. The highest BCUT2D eigenvalue weighted by Gasteiger charge is 2.27. The van der Waals surface area contributed by atoms with Crippen LogP contribution in [0.15, 0.2) is 30.5 Å². The Morgan fingerprint density at radius 2 is 2.00 bits per heavy atom. The molecule has 5 heteroatoms. The molecule has 1 fully saturated rings. The maximum absolute atomic E-state index is 12.9. The summed E-state index contributed by atoms with van der Waals surface area (Å²) in [4.78, 5) is 23.6. The van der Waals surface area contributed by atoms with Crippen LogP contribution in [0.4, 0.5) is 11.6 Å². The highest BCUT2D eigenvalue weighted by atomic mass is 16.2. The highest BCUT2D eigenvalue weighted by molar-refractivity contribution is 5.92. The molecular weight excluding hydrogens is 312 g/mol. The Morgan fingerprint density at radius 3 is 2.72 bits per heavy atom. The van der Waals surface area contributed by atoms with Gasteiger partial charge in [-0.3, -0.25) is 4.79 Å². The van der Waals surface area contributed by atoms with Crippen LogP contribution in [-0.4, -0.2) is 33.4 Å². The van der Waals surface area contributed by atoms with Gasteiger partial charge in [0.05, 0.1) is 0 Å². The van der Waals surface area contributed by atoms with Crippen molar-refractivity contribution in [2.24, 2.45) is 0 Å². The van der Waals surface area contributed by atoms with Gasteiger partial charge < -0.3 is 10.2 Å². The lowest BCUT2D eigenvalue weighted by Crippen LogP contribution is -2.43. The normalized spacial score (nSPS) is 17.4. The summed E-state index contributed by atoms with van der Waals surface area (Å²) >= 11 is 0. The summed E-state index contributed by atoms with van der Waals surface area (Å²) in [5.41, 5.74) is 3.75. The summed E-state index contributed by atoms with van der Waals surface area (Å²) in [6, 6.07) is 8.24. The first kappa shape index (κ1) is 17.4. The average molecular weight is 338 g/mol. The van der Waals surface area contributed by atoms with Gasteiger partial charge in [-0.2, -0.15) is 0 Å². The summed E-state index contributed by atoms with van der Waals surface area (Å²) in [6.45, 7) is 7.07. The zero-order valence-electron chi connectivity index (χ0n) is 15.2. The zero-order chi connectivity index (χ0) is 17.8. The number of piperidine rings is 1. The number of carbonyl (C=O) groups excluding carboxylic acids is 1. The molecule has 1 aromatic heterocycles. The molecule has 3 rings (SSSR count). The van der Waals surface area contributed by atoms with Crippen LogP contribution in [0.3, 0.4) is 0 Å². The van der Waals surface area contributed by atoms with Crippen LogP contribution in [0, 0.1) is 13.8 Å². The Labute approximate surface area is 149 Å². The van der Waals surface area contributed by atoms with Gasteiger partial charge in [0.1, 0.15) is 5.69 Å². The molecule has 0 bridgehead atoms. The Morgan fingerprint density at radius 1 is 1.24 bits per heavy atom. The Hall–Kier alpha value is -2.43. The summed E-state index contributed by atoms with van der Waals surface area (Å²) in [5.74, 6) is 0.471. The van der Waals surface area contributed by atoms with Crippen LogP contribution in [-0.2, 0) is 0 Å². The predicted molar refractivity (Wildman–Crippen MR) is 100 cm³/mol. The van der Waals surface area contributed by atoms with Crippen LogP contribution < -0.4 is 5.32 Å². The second-order valence-electron chi connectivity index (χ2n) is 6.82. The van der Waals surface area contributed by atoms with Gasteiger partial charge >= 0.3 is 0 Å². The number of anilines is 2. The fourth-order valence-electron chi connectivity index (χ4n) is 3.55. The van der Waals surface area contributed by atoms with E-state index in [2.05, 4.69) is 42.1 Å². The van der Waals surface area contributed by atoms with E-state index in [-0.39, 0.29) is 5.91 Å². The van der Waals surface area contributed by atoms with Gasteiger partial charge in [-0.05, 0) is 68.9 Å². The molecule has 1 aliphatic rings. The van der Waals surface area contributed by atoms with E-state index in [1.54, 1.807) is 12.3 Å². The fraction of sp³-hybridized carbons (Fsp3) is 0.450. The molecule has 0 aliphatic carbocycles. The predicted octanol–water partition coefficient (Wildman–Crippen LogP) is 4.24. The van der Waals surface area contributed by atoms with Crippen molar-refractivity contribution in [1.82, 2.24) is 14.9 Å². The molecule has 1 saturated heterocycles. The topological polar surface area (TPSA) is 58.1 Å². The number of aromatic nitrogens is 2. The lowest BCUT2D eigenvalue weighted by molar-refractivity contribution is 0.0602. The van der Waals surface area contributed by atoms with Crippen LogP contribution in [0.1, 0.15) is 54.2 Å². The summed E-state index contributed by atoms with van der Waals surface area (Å²) < 4.78 is 0. The standard InChI is InChI=1S/C20H26N4O/c1-4-17-7-5-6-10-24(17)19(25)18-8-9-21-20(23-18)22-16-12-14(2)11-15(3)13-16/h8-9,11-13,17H,4-7,10H2,1-3H3,(H,21,22,23). The minimum atomic E-state index is 0.0115. The molecule has 1 amide bonds. The van der Waals surface area contributed by atoms with E-state index in [1.165, 1.54) is 17.5 Å². The van der Waals surface area contributed by atoms with Gasteiger partial charge in [0.2, 0.25) is 5.95 Å². The summed E-state index contributed by atoms with van der Waals surface area (Å²) in [5, 5.41) is 3.22. The van der Waals surface area contributed by atoms with E-state index in [0.717, 1.165) is 31.5 Å². The van der Waals surface area contributed by atoms with Crippen molar-refractivity contribution in [2.45, 2.75) is 52.5 Å². The molecule has 0 radical (unpaired) electrons. The molecule has 0 saturated carbocycles. The monoisotopic (exact) mass is 338 g/mol. The molecule has 1 aliphatic heterocycles. The van der Waals surface area contributed by atoms with E-state index in [9.17, 15) is 4.79 Å². The van der Waals surface area contributed by atoms with Crippen LogP contribution in [0.25, 0.3) is 0 Å². The molecular formula is C20H26N4O. The van der Waals surface area contributed by atoms with Crippen LogP contribution >= 0.6 is 0 Å². The first-order valence-corrected chi connectivity index (χ1v) is 9.06. The number of nitrogens with one attached hydrogen (secondary N) is 1. The molecule has 1 unspecified atom stereocenters. The lowest BCUT2D eigenvalue weighted by atomic mass is 9.99. The Balaban J connectivity index is 1.79. The van der Waals surface area contributed by atoms with Gasteiger partial charge in [-0.25, -0.2) is 9.97 Å². The van der Waals surface area contributed by atoms with Gasteiger partial charge in [0.25, 0.3) is 5.91 Å². The first-order valence-electron chi connectivity index (χ1n) is 9.06. The highest BCUT2D eigenvalue weighted by Crippen LogP contribution is 2.22. The van der Waals surface area contributed by atoms with Gasteiger partial charge in [0.15, 0.2) is 0 Å². The van der Waals surface area contributed by atoms with Gasteiger partial charge in [-0.1, -0.05) is 13.0 Å². The maximum Gasteiger partial charge on any atom is 0.272 e. The Kier molecular flexibility index (Phi) is 5.31. The van der Waals surface area contributed by atoms with Crippen molar-refractivity contribution < 1.29 is 4.79 Å². The fourth-order valence-corrected chi connectivity index (χ4v) is 3.55. The maximum atomic E-state index is 12.9. The van der Waals surface area contributed by atoms with Crippen LogP contribution in [0.2, 0.25) is 0 Å². The number of rotatable bonds is 4. The zero-order valence-corrected chi connectivity index (χ0v) is 15.2. The van der Waals surface area contributed by atoms with Gasteiger partial charge in [0, 0.05) is 24.5 Å². The molecule has 2 aromatic rings. The van der Waals surface area contributed by atoms with Crippen molar-refractivity contribution in [3.8, 4) is 0 Å². The number of benzene rings is 1. The number of nitrogens with zero attached hydrogens (tertiary/aromatic N) is 3. The lowest BCUT2D eigenvalue weighted by Gasteiger charge is -2.35. The second-order valence-corrected chi connectivity index (χ2v) is 6.82. The number of hydrogen-bond donors (Lipinski definition) is 1. The third-order valence-corrected chi connectivity index (χ3v) is 4.71. The summed E-state index contributed by atoms with van der Waals surface area (Å²) in [7, 11) is 0. The molecule has 1 aromatic carbocycles. The van der Waals surface area contributed by atoms with E-state index < -0.39 is 0 Å². The Bertz CT molecular complexity index is 739. The number of hydrogen-bond acceptors (Lipinski definition) is 4. The molecule has 1 N–H and O–H groups in total. The molecule has 132 valence electrons. The van der Waals surface area contributed by atoms with Crippen molar-refractivity contribution in [3.63, 3.8) is 0 Å². The number of likely N-dealkylation sites (tertiary alicyclic amines) is 1. The summed E-state index contributed by atoms with van der Waals surface area (Å²) in [6.07, 6.45) is 5.99. The van der Waals surface area contributed by atoms with Crippen molar-refractivity contribution in [3.05, 3.63) is 47.3 Å². The van der Waals surface area contributed by atoms with E-state index in [4.69, 9.17) is 0 Å². The van der Waals surface area contributed by atoms with Crippen molar-refractivity contribution in [1.29, 1.82) is 0 Å². The molecule has 1 atom stereocenters. The van der Waals surface area contributed by atoms with Crippen molar-refractivity contribution >= 4 is 17.5 Å². The number of carbonyl (C=O) groups is 1. The quantitative estimate of drug-likeness (QED) is 0.906. The average Bonchev–Trinajstić information content (AvgIpc) is 2.60. The number of amides is 1. The minimum Gasteiger partial charge on any atom is -0.334 e.